The number of urea groups is 1. The molecule has 0 radical (unpaired) electrons. The number of hydroxylamine groups is 2. The van der Waals surface area contributed by atoms with E-state index in [-0.39, 0.29) is 0 Å². The number of hydrogen-bond acceptors (Lipinski definition) is 6. The van der Waals surface area contributed by atoms with Gasteiger partial charge in [-0.25, -0.2) is 9.79 Å². The second kappa shape index (κ2) is 10.7. The van der Waals surface area contributed by atoms with E-state index in [1.165, 1.54) is 21.1 Å². The van der Waals surface area contributed by atoms with E-state index in [1.807, 2.05) is 0 Å². The van der Waals surface area contributed by atoms with E-state index in [2.05, 4.69) is 14.5 Å². The van der Waals surface area contributed by atoms with Crippen LogP contribution < -0.4 is 0 Å². The smallest absolute Gasteiger partial charge is 0.350 e. The van der Waals surface area contributed by atoms with E-state index in [4.69, 9.17) is 10.4 Å². The molecular weight excluding hydrogens is 208 g/mol. The predicted molar refractivity (Wildman–Crippen MR) is 48.8 cm³/mol. The van der Waals surface area contributed by atoms with Gasteiger partial charge in [-0.15, -0.1) is 0 Å². The number of aldehydes is 1. The predicted octanol–water partition coefficient (Wildman–Crippen LogP) is 0.0817. The Kier molecular flexibility index (Phi) is 11.5. The number of aliphatic imine (C=N–C) groups is 1. The molecule has 0 heterocycles. The Balaban J connectivity index is 0. The topological polar surface area (TPSA) is 109 Å². The molecule has 0 aromatic carbocycles. The number of amides is 2. The van der Waals surface area contributed by atoms with Gasteiger partial charge in [0.05, 0.1) is 0 Å². The van der Waals surface area contributed by atoms with Crippen LogP contribution in [0.2, 0.25) is 0 Å². The Labute approximate surface area is 86.6 Å². The fourth-order valence-electron chi connectivity index (χ4n) is 0.369. The minimum Gasteiger partial charge on any atom is -0.350 e. The first-order valence-corrected chi connectivity index (χ1v) is 3.74. The van der Waals surface area contributed by atoms with Crippen LogP contribution in [0.4, 0.5) is 4.79 Å². The van der Waals surface area contributed by atoms with Gasteiger partial charge < -0.3 is 9.47 Å². The van der Waals surface area contributed by atoms with Crippen LogP contribution in [0.15, 0.2) is 4.99 Å². The Hall–Kier alpha value is -1.35. The van der Waals surface area contributed by atoms with Crippen LogP contribution in [-0.4, -0.2) is 54.7 Å². The van der Waals surface area contributed by atoms with Crippen LogP contribution in [0.5, 0.6) is 0 Å². The highest BCUT2D eigenvalue weighted by atomic mass is 16.8. The van der Waals surface area contributed by atoms with Crippen LogP contribution >= 0.6 is 0 Å². The summed E-state index contributed by atoms with van der Waals surface area (Å²) in [5.74, 6) is 0. The van der Waals surface area contributed by atoms with Gasteiger partial charge in [0.2, 0.25) is 6.29 Å². The third-order valence-electron chi connectivity index (χ3n) is 0.986. The number of rotatable bonds is 3. The average molecular weight is 222 g/mol. The monoisotopic (exact) mass is 222 g/mol. The minimum absolute atomic E-state index is 0.583. The summed E-state index contributed by atoms with van der Waals surface area (Å²) in [6, 6.07) is -1.10. The third-order valence-corrected chi connectivity index (χ3v) is 0.986. The standard InChI is InChI=1S/C4H8O3.C3H6N2O3/c1-6-4(3-5)7-2;1-2-4-3(6)5(7)8/h3-4H,1-2H3;2,7-8H,1H3. The molecule has 8 heteroatoms. The van der Waals surface area contributed by atoms with Gasteiger partial charge >= 0.3 is 6.03 Å². The highest BCUT2D eigenvalue weighted by Crippen LogP contribution is 1.81. The van der Waals surface area contributed by atoms with Gasteiger partial charge in [-0.2, -0.15) is 0 Å². The zero-order valence-corrected chi connectivity index (χ0v) is 8.65. The molecule has 2 amide bonds. The van der Waals surface area contributed by atoms with Crippen molar-refractivity contribution in [3.63, 3.8) is 0 Å². The Morgan fingerprint density at radius 2 is 1.87 bits per heavy atom. The van der Waals surface area contributed by atoms with Crippen molar-refractivity contribution in [2.45, 2.75) is 13.2 Å². The summed E-state index contributed by atoms with van der Waals surface area (Å²) >= 11 is 0. The lowest BCUT2D eigenvalue weighted by Crippen LogP contribution is -2.19. The van der Waals surface area contributed by atoms with Crippen LogP contribution in [0.3, 0.4) is 0 Å². The van der Waals surface area contributed by atoms with Crippen LogP contribution in [0, 0.1) is 0 Å². The Morgan fingerprint density at radius 3 is 1.93 bits per heavy atom. The zero-order chi connectivity index (χ0) is 12.3. The molecule has 8 nitrogen and oxygen atoms in total. The molecule has 0 aliphatic rings. The van der Waals surface area contributed by atoms with Gasteiger partial charge in [0, 0.05) is 20.4 Å². The van der Waals surface area contributed by atoms with Gasteiger partial charge in [0.25, 0.3) is 0 Å². The summed E-state index contributed by atoms with van der Waals surface area (Å²) in [5, 5.41) is 15.2. The number of hydrogen-bond donors (Lipinski definition) is 2. The van der Waals surface area contributed by atoms with Crippen molar-refractivity contribution in [2.75, 3.05) is 14.2 Å². The molecule has 0 saturated carbocycles. The molecule has 88 valence electrons. The molecule has 0 saturated heterocycles. The van der Waals surface area contributed by atoms with Crippen molar-refractivity contribution >= 4 is 18.5 Å². The Morgan fingerprint density at radius 1 is 1.40 bits per heavy atom. The fourth-order valence-corrected chi connectivity index (χ4v) is 0.369. The molecule has 15 heavy (non-hydrogen) atoms. The second-order valence-electron chi connectivity index (χ2n) is 1.94. The molecule has 0 aromatic heterocycles. The maximum absolute atomic E-state index is 9.97. The summed E-state index contributed by atoms with van der Waals surface area (Å²) < 4.78 is 8.92. The molecule has 0 spiro atoms. The summed E-state index contributed by atoms with van der Waals surface area (Å²) in [7, 11) is 2.81. The third kappa shape index (κ3) is 10.6. The maximum Gasteiger partial charge on any atom is 0.392 e. The molecule has 0 unspecified atom stereocenters. The van der Waals surface area contributed by atoms with E-state index < -0.39 is 17.5 Å². The number of carbonyl (C=O) groups is 2. The molecule has 2 N–H and O–H groups in total. The van der Waals surface area contributed by atoms with Crippen molar-refractivity contribution in [1.29, 1.82) is 0 Å². The van der Waals surface area contributed by atoms with E-state index in [0.717, 1.165) is 6.21 Å². The molecule has 0 aliphatic heterocycles. The van der Waals surface area contributed by atoms with Gasteiger partial charge in [-0.05, 0) is 6.92 Å². The highest BCUT2D eigenvalue weighted by molar-refractivity contribution is 5.81. The summed E-state index contributed by atoms with van der Waals surface area (Å²) in [5.41, 5.74) is 0. The first-order chi connectivity index (χ1) is 7.03. The van der Waals surface area contributed by atoms with Gasteiger partial charge in [0.15, 0.2) is 6.29 Å². The van der Waals surface area contributed by atoms with E-state index in [9.17, 15) is 9.59 Å². The normalized spacial score (nSPS) is 9.73. The van der Waals surface area contributed by atoms with E-state index >= 15 is 0 Å². The highest BCUT2D eigenvalue weighted by Gasteiger charge is 2.00. The zero-order valence-electron chi connectivity index (χ0n) is 8.65. The van der Waals surface area contributed by atoms with Crippen molar-refractivity contribution in [3.8, 4) is 0 Å². The lowest BCUT2D eigenvalue weighted by atomic mass is 10.7. The minimum atomic E-state index is -1.10. The van der Waals surface area contributed by atoms with Gasteiger partial charge in [0.1, 0.15) is 0 Å². The van der Waals surface area contributed by atoms with Crippen molar-refractivity contribution in [1.82, 2.24) is 5.23 Å². The van der Waals surface area contributed by atoms with Gasteiger partial charge in [-0.3, -0.25) is 15.2 Å². The van der Waals surface area contributed by atoms with Crippen molar-refractivity contribution < 1.29 is 29.5 Å². The average Bonchev–Trinajstić information content (AvgIpc) is 2.21. The summed E-state index contributed by atoms with van der Waals surface area (Å²) in [4.78, 5) is 22.7. The first kappa shape index (κ1) is 16.1. The summed E-state index contributed by atoms with van der Waals surface area (Å²) in [6.07, 6.45) is 1.04. The molecular formula is C7H14N2O6. The molecule has 0 atom stereocenters. The molecule has 0 bridgehead atoms. The van der Waals surface area contributed by atoms with Crippen LogP contribution in [0.25, 0.3) is 0 Å². The number of methoxy groups -OCH3 is 2. The van der Waals surface area contributed by atoms with Gasteiger partial charge in [-0.1, -0.05) is 5.23 Å². The van der Waals surface area contributed by atoms with E-state index in [0.29, 0.717) is 6.29 Å². The quantitative estimate of drug-likeness (QED) is 0.230. The molecule has 0 aliphatic carbocycles. The number of nitrogens with zero attached hydrogens (tertiary/aromatic N) is 2. The van der Waals surface area contributed by atoms with Crippen molar-refractivity contribution in [3.05, 3.63) is 0 Å². The fraction of sp³-hybridized carbons (Fsp3) is 0.571. The van der Waals surface area contributed by atoms with E-state index in [1.54, 1.807) is 0 Å². The maximum atomic E-state index is 9.97. The number of carbonyl (C=O) groups excluding carboxylic acids is 2. The molecule has 0 aromatic rings. The summed E-state index contributed by atoms with van der Waals surface area (Å²) in [6.45, 7) is 1.49. The van der Waals surface area contributed by atoms with Crippen LogP contribution in [-0.2, 0) is 14.3 Å². The second-order valence-corrected chi connectivity index (χ2v) is 1.94. The first-order valence-electron chi connectivity index (χ1n) is 3.74. The molecule has 0 fully saturated rings. The lowest BCUT2D eigenvalue weighted by Gasteiger charge is -2.01. The SMILES string of the molecule is CC=NC(=O)N(O)O.COC(C=O)OC. The van der Waals surface area contributed by atoms with Crippen LogP contribution in [0.1, 0.15) is 6.92 Å². The number of ether oxygens (including phenoxy) is 2. The van der Waals surface area contributed by atoms with Crippen molar-refractivity contribution in [2.24, 2.45) is 4.99 Å². The Bertz CT molecular complexity index is 202. The molecule has 0 rings (SSSR count). The largest absolute Gasteiger partial charge is 0.392 e. The lowest BCUT2D eigenvalue weighted by molar-refractivity contribution is -0.256.